The van der Waals surface area contributed by atoms with E-state index < -0.39 is 11.6 Å². The Kier molecular flexibility index (Phi) is 7.60. The highest BCUT2D eigenvalue weighted by Crippen LogP contribution is 2.41. The van der Waals surface area contributed by atoms with Gasteiger partial charge in [0, 0.05) is 31.1 Å². The topological polar surface area (TPSA) is 115 Å². The first-order valence-electron chi connectivity index (χ1n) is 13.6. The molecule has 1 fully saturated rings. The minimum atomic E-state index is -1.06. The number of amides is 1. The maximum atomic E-state index is 12.5. The number of carboxylic acids is 1. The highest BCUT2D eigenvalue weighted by atomic mass is 16.6. The molecule has 5 rings (SSSR count). The molecule has 1 unspecified atom stereocenters. The van der Waals surface area contributed by atoms with Gasteiger partial charge in [-0.1, -0.05) is 18.2 Å². The summed E-state index contributed by atoms with van der Waals surface area (Å²) in [6.07, 6.45) is 2.14. The van der Waals surface area contributed by atoms with Gasteiger partial charge in [0.1, 0.15) is 22.9 Å². The quantitative estimate of drug-likeness (QED) is 0.402. The van der Waals surface area contributed by atoms with Crippen molar-refractivity contribution in [2.45, 2.75) is 51.6 Å². The van der Waals surface area contributed by atoms with E-state index in [1.807, 2.05) is 51.1 Å². The number of imidazole rings is 1. The van der Waals surface area contributed by atoms with E-state index in [0.717, 1.165) is 19.3 Å². The van der Waals surface area contributed by atoms with Crippen LogP contribution in [0.15, 0.2) is 48.5 Å². The number of benzene rings is 2. The van der Waals surface area contributed by atoms with Crippen molar-refractivity contribution in [3.05, 3.63) is 60.0 Å². The van der Waals surface area contributed by atoms with E-state index in [1.165, 1.54) is 0 Å². The van der Waals surface area contributed by atoms with Crippen LogP contribution in [0.2, 0.25) is 0 Å². The van der Waals surface area contributed by atoms with Gasteiger partial charge in [0.25, 0.3) is 0 Å². The Morgan fingerprint density at radius 2 is 1.75 bits per heavy atom. The fourth-order valence-electron chi connectivity index (χ4n) is 5.48. The first-order chi connectivity index (χ1) is 19.1. The predicted octanol–water partition coefficient (Wildman–Crippen LogP) is 5.73. The molecule has 2 N–H and O–H groups in total. The van der Waals surface area contributed by atoms with Gasteiger partial charge in [-0.05, 0) is 76.3 Å². The number of para-hydroxylation sites is 1. The zero-order valence-electron chi connectivity index (χ0n) is 23.3. The van der Waals surface area contributed by atoms with Crippen LogP contribution in [-0.4, -0.2) is 64.1 Å². The Morgan fingerprint density at radius 3 is 2.40 bits per heavy atom. The second-order valence-corrected chi connectivity index (χ2v) is 11.2. The van der Waals surface area contributed by atoms with Crippen LogP contribution in [0.25, 0.3) is 11.3 Å². The van der Waals surface area contributed by atoms with Gasteiger partial charge in [-0.3, -0.25) is 0 Å². The average Bonchev–Trinajstić information content (AvgIpc) is 3.33. The number of carbonyl (C=O) groups excluding carboxylic acids is 1. The summed E-state index contributed by atoms with van der Waals surface area (Å²) in [6, 6.07) is 14.7. The minimum absolute atomic E-state index is 0.0662. The first kappa shape index (κ1) is 27.4. The lowest BCUT2D eigenvalue weighted by Gasteiger charge is -2.38. The van der Waals surface area contributed by atoms with Crippen LogP contribution in [0.3, 0.4) is 0 Å². The molecule has 1 atom stereocenters. The molecular weight excluding hydrogens is 512 g/mol. The average molecular weight is 549 g/mol. The number of carbonyl (C=O) groups is 2. The molecule has 2 aromatic carbocycles. The van der Waals surface area contributed by atoms with Crippen molar-refractivity contribution in [1.29, 1.82) is 0 Å². The molecule has 3 heterocycles. The molecule has 40 heavy (non-hydrogen) atoms. The van der Waals surface area contributed by atoms with E-state index in [4.69, 9.17) is 19.2 Å². The minimum Gasteiger partial charge on any atom is -0.493 e. The van der Waals surface area contributed by atoms with E-state index in [0.29, 0.717) is 54.0 Å². The number of aromatic nitrogens is 2. The van der Waals surface area contributed by atoms with Gasteiger partial charge in [0.05, 0.1) is 7.11 Å². The van der Waals surface area contributed by atoms with Crippen LogP contribution in [-0.2, 0) is 4.74 Å². The van der Waals surface area contributed by atoms with Gasteiger partial charge in [-0.2, -0.15) is 0 Å². The number of nitrogens with one attached hydrogen (secondary N) is 1. The molecule has 0 spiro atoms. The van der Waals surface area contributed by atoms with Gasteiger partial charge in [0.2, 0.25) is 0 Å². The van der Waals surface area contributed by atoms with E-state index in [1.54, 1.807) is 34.9 Å². The Labute approximate surface area is 233 Å². The molecule has 0 saturated carbocycles. The number of ether oxygens (including phenoxy) is 3. The predicted molar refractivity (Wildman–Crippen MR) is 150 cm³/mol. The second-order valence-electron chi connectivity index (χ2n) is 11.2. The second kappa shape index (κ2) is 11.1. The Morgan fingerprint density at radius 1 is 1.02 bits per heavy atom. The van der Waals surface area contributed by atoms with Gasteiger partial charge in [-0.25, -0.2) is 19.2 Å². The monoisotopic (exact) mass is 548 g/mol. The zero-order valence-corrected chi connectivity index (χ0v) is 23.3. The lowest BCUT2D eigenvalue weighted by Crippen LogP contribution is -2.43. The molecule has 2 aliphatic heterocycles. The lowest BCUT2D eigenvalue weighted by atomic mass is 9.81. The van der Waals surface area contributed by atoms with Crippen molar-refractivity contribution in [2.24, 2.45) is 5.92 Å². The Bertz CT molecular complexity index is 1370. The van der Waals surface area contributed by atoms with Crippen LogP contribution >= 0.6 is 0 Å². The maximum Gasteiger partial charge on any atom is 0.410 e. The van der Waals surface area contributed by atoms with Crippen molar-refractivity contribution in [3.8, 4) is 28.5 Å². The van der Waals surface area contributed by atoms with Crippen molar-refractivity contribution >= 4 is 12.1 Å². The van der Waals surface area contributed by atoms with Crippen LogP contribution < -0.4 is 14.9 Å². The number of hydrogen-bond acceptors (Lipinski definition) is 7. The number of piperidine rings is 1. The smallest absolute Gasteiger partial charge is 0.410 e. The van der Waals surface area contributed by atoms with Gasteiger partial charge >= 0.3 is 12.1 Å². The molecule has 10 nitrogen and oxygen atoms in total. The molecule has 1 saturated heterocycles. The zero-order chi connectivity index (χ0) is 28.4. The maximum absolute atomic E-state index is 12.5. The summed E-state index contributed by atoms with van der Waals surface area (Å²) in [5.41, 5.74) is 3.78. The molecule has 0 bridgehead atoms. The molecule has 2 aliphatic rings. The number of likely N-dealkylation sites (tertiary alicyclic amines) is 1. The summed E-state index contributed by atoms with van der Waals surface area (Å²) in [4.78, 5) is 31.7. The highest BCUT2D eigenvalue weighted by molar-refractivity contribution is 5.94. The lowest BCUT2D eigenvalue weighted by molar-refractivity contribution is 0.0170. The molecule has 1 aromatic heterocycles. The van der Waals surface area contributed by atoms with E-state index in [-0.39, 0.29) is 23.6 Å². The third-order valence-electron chi connectivity index (χ3n) is 7.33. The SMILES string of the molecule is COc1cc(-c2nc3n(c2C(=O)O)NCCC3C2CCN(C(=O)OC(C)(C)C)CC2)ccc1Oc1ccccc1. The number of carboxylic acid groups (broad SMARTS) is 1. The summed E-state index contributed by atoms with van der Waals surface area (Å²) < 4.78 is 18.8. The van der Waals surface area contributed by atoms with E-state index in [2.05, 4.69) is 5.43 Å². The van der Waals surface area contributed by atoms with Gasteiger partial charge in [0.15, 0.2) is 17.2 Å². The molecule has 0 aliphatic carbocycles. The number of fused-ring (bicyclic) bond motifs is 1. The molecule has 1 amide bonds. The van der Waals surface area contributed by atoms with Crippen LogP contribution in [0, 0.1) is 5.92 Å². The molecule has 212 valence electrons. The fourth-order valence-corrected chi connectivity index (χ4v) is 5.48. The summed E-state index contributed by atoms with van der Waals surface area (Å²) in [6.45, 7) is 7.43. The highest BCUT2D eigenvalue weighted by Gasteiger charge is 2.37. The summed E-state index contributed by atoms with van der Waals surface area (Å²) in [5, 5.41) is 10.2. The number of methoxy groups -OCH3 is 1. The number of hydrogen-bond donors (Lipinski definition) is 2. The molecule has 10 heteroatoms. The molecule has 3 aromatic rings. The van der Waals surface area contributed by atoms with E-state index >= 15 is 0 Å². The fraction of sp³-hybridized carbons (Fsp3) is 0.433. The number of nitrogens with zero attached hydrogens (tertiary/aromatic N) is 3. The van der Waals surface area contributed by atoms with Crippen molar-refractivity contribution in [2.75, 3.05) is 32.2 Å². The van der Waals surface area contributed by atoms with Crippen LogP contribution in [0.5, 0.6) is 17.2 Å². The standard InChI is InChI=1S/C30H36N4O6/c1-30(2,3)40-29(37)33-16-13-19(14-17-33)22-12-15-31-34-26(28(35)36)25(32-27(22)34)20-10-11-23(24(18-20)38-4)39-21-8-6-5-7-9-21/h5-11,18-19,22,31H,12-17H2,1-4H3,(H,35,36). The van der Waals surface area contributed by atoms with E-state index in [9.17, 15) is 14.7 Å². The molecular formula is C30H36N4O6. The Hall–Kier alpha value is -4.21. The van der Waals surface area contributed by atoms with Crippen LogP contribution in [0.1, 0.15) is 62.3 Å². The van der Waals surface area contributed by atoms with Crippen LogP contribution in [0.4, 0.5) is 4.79 Å². The third-order valence-corrected chi connectivity index (χ3v) is 7.33. The first-order valence-corrected chi connectivity index (χ1v) is 13.6. The van der Waals surface area contributed by atoms with Crippen molar-refractivity contribution in [3.63, 3.8) is 0 Å². The number of rotatable bonds is 6. The molecule has 0 radical (unpaired) electrons. The van der Waals surface area contributed by atoms with Crippen molar-refractivity contribution in [1.82, 2.24) is 14.6 Å². The largest absolute Gasteiger partial charge is 0.493 e. The van der Waals surface area contributed by atoms with Crippen molar-refractivity contribution < 1.29 is 28.9 Å². The summed E-state index contributed by atoms with van der Waals surface area (Å²) in [5.74, 6) is 1.64. The normalized spacial score (nSPS) is 17.5. The third kappa shape index (κ3) is 5.71. The summed E-state index contributed by atoms with van der Waals surface area (Å²) in [7, 11) is 1.55. The van der Waals surface area contributed by atoms with Gasteiger partial charge in [-0.15, -0.1) is 0 Å². The summed E-state index contributed by atoms with van der Waals surface area (Å²) >= 11 is 0. The Balaban J connectivity index is 1.41. The number of aromatic carboxylic acids is 1. The van der Waals surface area contributed by atoms with Gasteiger partial charge < -0.3 is 29.6 Å².